The van der Waals surface area contributed by atoms with E-state index in [1.165, 1.54) is 5.56 Å². The second-order valence-corrected chi connectivity index (χ2v) is 10.6. The zero-order valence-electron chi connectivity index (χ0n) is 18.5. The second kappa shape index (κ2) is 8.65. The molecule has 2 heterocycles. The molecule has 2 aliphatic heterocycles. The minimum atomic E-state index is -3.54. The number of carbonyl (C=O) groups is 1. The Hall–Kier alpha value is -3.16. The molecule has 7 heteroatoms. The molecule has 1 N–H and O–H groups in total. The number of nitrogens with one attached hydrogen (secondary N) is 1. The number of carbonyl (C=O) groups excluding carboxylic acids is 1. The standard InChI is InChI=1S/C26H26N2O4S/c1-18-15-22-17-32-26(29)27-25(22)16-24(18)21-11-13-28(14-12-21)33(30,31)23-9-7-20(8-10-23)19-5-3-2-4-6-19/h2-10,15-16,21H,11-14,17H2,1H3,(H,27,29). The van der Waals surface area contributed by atoms with E-state index in [0.717, 1.165) is 40.8 Å². The van der Waals surface area contributed by atoms with E-state index in [9.17, 15) is 13.2 Å². The molecule has 0 bridgehead atoms. The summed E-state index contributed by atoms with van der Waals surface area (Å²) in [4.78, 5) is 11.9. The number of piperidine rings is 1. The van der Waals surface area contributed by atoms with Crippen LogP contribution in [0.2, 0.25) is 0 Å². The highest BCUT2D eigenvalue weighted by molar-refractivity contribution is 7.89. The van der Waals surface area contributed by atoms with E-state index >= 15 is 0 Å². The Morgan fingerprint density at radius 1 is 0.939 bits per heavy atom. The van der Waals surface area contributed by atoms with Crippen LogP contribution in [0.4, 0.5) is 10.5 Å². The van der Waals surface area contributed by atoms with Crippen LogP contribution in [0.5, 0.6) is 0 Å². The van der Waals surface area contributed by atoms with Crippen LogP contribution in [-0.4, -0.2) is 31.9 Å². The van der Waals surface area contributed by atoms with Crippen LogP contribution in [0.1, 0.15) is 35.4 Å². The quantitative estimate of drug-likeness (QED) is 0.571. The van der Waals surface area contributed by atoms with Gasteiger partial charge in [0, 0.05) is 18.7 Å². The number of aryl methyl sites for hydroxylation is 1. The molecule has 170 valence electrons. The van der Waals surface area contributed by atoms with Crippen molar-refractivity contribution < 1.29 is 17.9 Å². The molecule has 2 aliphatic rings. The summed E-state index contributed by atoms with van der Waals surface area (Å²) in [7, 11) is -3.54. The number of ether oxygens (including phenoxy) is 1. The highest BCUT2D eigenvalue weighted by atomic mass is 32.2. The number of cyclic esters (lactones) is 1. The van der Waals surface area contributed by atoms with Gasteiger partial charge in [0.15, 0.2) is 0 Å². The molecule has 0 unspecified atom stereocenters. The summed E-state index contributed by atoms with van der Waals surface area (Å²) in [6.07, 6.45) is 1.05. The minimum Gasteiger partial charge on any atom is -0.444 e. The van der Waals surface area contributed by atoms with Gasteiger partial charge in [-0.05, 0) is 66.1 Å². The Morgan fingerprint density at radius 2 is 1.61 bits per heavy atom. The van der Waals surface area contributed by atoms with E-state index in [2.05, 4.69) is 18.3 Å². The van der Waals surface area contributed by atoms with Gasteiger partial charge in [0.2, 0.25) is 10.0 Å². The molecule has 0 saturated carbocycles. The minimum absolute atomic E-state index is 0.252. The third-order valence-corrected chi connectivity index (χ3v) is 8.49. The first-order valence-electron chi connectivity index (χ1n) is 11.1. The first-order chi connectivity index (χ1) is 15.9. The number of nitrogens with zero attached hydrogens (tertiary/aromatic N) is 1. The van der Waals surface area contributed by atoms with Crippen molar-refractivity contribution in [1.82, 2.24) is 4.31 Å². The lowest BCUT2D eigenvalue weighted by Crippen LogP contribution is -2.38. The SMILES string of the molecule is Cc1cc2c(cc1C1CCN(S(=O)(=O)c3ccc(-c4ccccc4)cc3)CC1)NC(=O)OC2. The number of fused-ring (bicyclic) bond motifs is 1. The molecule has 3 aromatic rings. The number of benzene rings is 3. The molecule has 1 fully saturated rings. The predicted molar refractivity (Wildman–Crippen MR) is 128 cm³/mol. The monoisotopic (exact) mass is 462 g/mol. The van der Waals surface area contributed by atoms with Crippen LogP contribution in [0.3, 0.4) is 0 Å². The molecule has 0 atom stereocenters. The highest BCUT2D eigenvalue weighted by Crippen LogP contribution is 2.36. The number of hydrogen-bond donors (Lipinski definition) is 1. The van der Waals surface area contributed by atoms with Crippen LogP contribution < -0.4 is 5.32 Å². The van der Waals surface area contributed by atoms with E-state index in [1.54, 1.807) is 16.4 Å². The number of amides is 1. The van der Waals surface area contributed by atoms with Gasteiger partial charge in [0.05, 0.1) is 10.6 Å². The summed E-state index contributed by atoms with van der Waals surface area (Å²) < 4.78 is 33.1. The van der Waals surface area contributed by atoms with Gasteiger partial charge >= 0.3 is 6.09 Å². The van der Waals surface area contributed by atoms with Gasteiger partial charge in [0.25, 0.3) is 0 Å². The summed E-state index contributed by atoms with van der Waals surface area (Å²) in [5.74, 6) is 0.252. The Balaban J connectivity index is 1.30. The summed E-state index contributed by atoms with van der Waals surface area (Å²) in [5, 5.41) is 2.77. The van der Waals surface area contributed by atoms with Gasteiger partial charge in [-0.1, -0.05) is 48.5 Å². The molecule has 0 radical (unpaired) electrons. The van der Waals surface area contributed by atoms with Crippen LogP contribution in [-0.2, 0) is 21.4 Å². The van der Waals surface area contributed by atoms with E-state index < -0.39 is 16.1 Å². The van der Waals surface area contributed by atoms with Crippen molar-refractivity contribution in [2.75, 3.05) is 18.4 Å². The molecule has 6 nitrogen and oxygen atoms in total. The van der Waals surface area contributed by atoms with E-state index in [0.29, 0.717) is 18.0 Å². The molecule has 0 aliphatic carbocycles. The largest absolute Gasteiger partial charge is 0.444 e. The average Bonchev–Trinajstić information content (AvgIpc) is 2.84. The zero-order valence-corrected chi connectivity index (χ0v) is 19.3. The smallest absolute Gasteiger partial charge is 0.411 e. The summed E-state index contributed by atoms with van der Waals surface area (Å²) in [6.45, 7) is 3.28. The lowest BCUT2D eigenvalue weighted by atomic mass is 9.86. The zero-order chi connectivity index (χ0) is 23.0. The average molecular weight is 463 g/mol. The fraction of sp³-hybridized carbons (Fsp3) is 0.269. The van der Waals surface area contributed by atoms with Crippen molar-refractivity contribution in [2.45, 2.75) is 37.2 Å². The molecule has 1 saturated heterocycles. The van der Waals surface area contributed by atoms with Crippen molar-refractivity contribution >= 4 is 21.8 Å². The van der Waals surface area contributed by atoms with Crippen LogP contribution >= 0.6 is 0 Å². The number of anilines is 1. The highest BCUT2D eigenvalue weighted by Gasteiger charge is 2.31. The maximum absolute atomic E-state index is 13.2. The molecule has 1 amide bonds. The van der Waals surface area contributed by atoms with Crippen molar-refractivity contribution in [1.29, 1.82) is 0 Å². The van der Waals surface area contributed by atoms with Gasteiger partial charge in [-0.2, -0.15) is 4.31 Å². The molecular weight excluding hydrogens is 436 g/mol. The number of sulfonamides is 1. The third-order valence-electron chi connectivity index (χ3n) is 6.58. The number of hydrogen-bond acceptors (Lipinski definition) is 4. The Bertz CT molecular complexity index is 1280. The van der Waals surface area contributed by atoms with Gasteiger partial charge in [-0.3, -0.25) is 5.32 Å². The van der Waals surface area contributed by atoms with Gasteiger partial charge in [-0.25, -0.2) is 13.2 Å². The molecule has 5 rings (SSSR count). The lowest BCUT2D eigenvalue weighted by Gasteiger charge is -2.33. The Morgan fingerprint density at radius 3 is 2.30 bits per heavy atom. The fourth-order valence-corrected chi connectivity index (χ4v) is 6.23. The summed E-state index contributed by atoms with van der Waals surface area (Å²) >= 11 is 0. The van der Waals surface area contributed by atoms with Crippen molar-refractivity contribution in [2.24, 2.45) is 0 Å². The second-order valence-electron chi connectivity index (χ2n) is 8.64. The van der Waals surface area contributed by atoms with Crippen LogP contribution in [0.15, 0.2) is 71.6 Å². The van der Waals surface area contributed by atoms with Crippen molar-refractivity contribution in [3.8, 4) is 11.1 Å². The third kappa shape index (κ3) is 4.26. The van der Waals surface area contributed by atoms with Gasteiger partial charge < -0.3 is 4.74 Å². The Kier molecular flexibility index (Phi) is 5.68. The van der Waals surface area contributed by atoms with Crippen molar-refractivity contribution in [3.05, 3.63) is 83.4 Å². The molecular formula is C26H26N2O4S. The van der Waals surface area contributed by atoms with Gasteiger partial charge in [-0.15, -0.1) is 0 Å². The maximum Gasteiger partial charge on any atom is 0.411 e. The lowest BCUT2D eigenvalue weighted by molar-refractivity contribution is 0.151. The first-order valence-corrected chi connectivity index (χ1v) is 12.6. The number of rotatable bonds is 4. The molecule has 3 aromatic carbocycles. The predicted octanol–water partition coefficient (Wildman–Crippen LogP) is 5.29. The van der Waals surface area contributed by atoms with E-state index in [-0.39, 0.29) is 12.5 Å². The van der Waals surface area contributed by atoms with Crippen molar-refractivity contribution in [3.63, 3.8) is 0 Å². The molecule has 33 heavy (non-hydrogen) atoms. The topological polar surface area (TPSA) is 75.7 Å². The summed E-state index contributed by atoms with van der Waals surface area (Å²) in [6, 6.07) is 21.1. The van der Waals surface area contributed by atoms with Crippen LogP contribution in [0.25, 0.3) is 11.1 Å². The van der Waals surface area contributed by atoms with Gasteiger partial charge in [0.1, 0.15) is 6.61 Å². The van der Waals surface area contributed by atoms with Crippen LogP contribution in [0, 0.1) is 6.92 Å². The first kappa shape index (κ1) is 21.7. The van der Waals surface area contributed by atoms with E-state index in [4.69, 9.17) is 4.74 Å². The fourth-order valence-electron chi connectivity index (χ4n) is 4.76. The normalized spacial score (nSPS) is 17.2. The summed E-state index contributed by atoms with van der Waals surface area (Å²) in [5.41, 5.74) is 6.13. The van der Waals surface area contributed by atoms with E-state index in [1.807, 2.05) is 48.5 Å². The Labute approximate surface area is 194 Å². The molecule has 0 spiro atoms. The maximum atomic E-state index is 13.2. The molecule has 0 aromatic heterocycles.